The van der Waals surface area contributed by atoms with Crippen molar-refractivity contribution < 1.29 is 9.53 Å². The van der Waals surface area contributed by atoms with Crippen LogP contribution in [0.5, 0.6) is 0 Å². The van der Waals surface area contributed by atoms with Crippen molar-refractivity contribution in [2.24, 2.45) is 0 Å². The molecule has 0 aliphatic rings. The number of halogens is 1. The number of methoxy groups -OCH3 is 1. The zero-order valence-electron chi connectivity index (χ0n) is 13.6. The summed E-state index contributed by atoms with van der Waals surface area (Å²) in [7, 11) is 1.24. The smallest absolute Gasteiger partial charge is 0.339 e. The maximum Gasteiger partial charge on any atom is 0.339 e. The average Bonchev–Trinajstić information content (AvgIpc) is 3.11. The minimum absolute atomic E-state index is 0.124. The predicted octanol–water partition coefficient (Wildman–Crippen LogP) is 3.33. The minimum atomic E-state index is -0.620. The summed E-state index contributed by atoms with van der Waals surface area (Å²) < 4.78 is 5.94. The van der Waals surface area contributed by atoms with Gasteiger partial charge in [-0.3, -0.25) is 4.79 Å². The van der Waals surface area contributed by atoms with E-state index in [1.54, 1.807) is 12.1 Å². The second-order valence-electron chi connectivity index (χ2n) is 5.30. The van der Waals surface area contributed by atoms with Gasteiger partial charge < -0.3 is 9.30 Å². The molecule has 0 aliphatic heterocycles. The molecule has 0 saturated heterocycles. The summed E-state index contributed by atoms with van der Waals surface area (Å²) in [6.07, 6.45) is 1.36. The molecule has 1 aromatic carbocycles. The molecule has 3 rings (SSSR count). The quantitative estimate of drug-likeness (QED) is 0.643. The Hall–Kier alpha value is -2.95. The third-order valence-corrected chi connectivity index (χ3v) is 4.87. The molecule has 0 saturated carbocycles. The summed E-state index contributed by atoms with van der Waals surface area (Å²) in [4.78, 5) is 28.6. The molecule has 8 heteroatoms. The molecule has 6 nitrogen and oxygen atoms in total. The van der Waals surface area contributed by atoms with Gasteiger partial charge in [0.15, 0.2) is 0 Å². The third-order valence-electron chi connectivity index (χ3n) is 3.62. The Morgan fingerprint density at radius 2 is 2.19 bits per heavy atom. The molecular formula is C18H12ClN3O3S. The van der Waals surface area contributed by atoms with Crippen molar-refractivity contribution in [1.82, 2.24) is 9.55 Å². The van der Waals surface area contributed by atoms with E-state index >= 15 is 0 Å². The fourth-order valence-corrected chi connectivity index (χ4v) is 3.51. The monoisotopic (exact) mass is 385 g/mol. The molecule has 0 spiro atoms. The van der Waals surface area contributed by atoms with E-state index in [1.807, 2.05) is 23.6 Å². The summed E-state index contributed by atoms with van der Waals surface area (Å²) >= 11 is 7.59. The van der Waals surface area contributed by atoms with Crippen molar-refractivity contribution in [3.8, 4) is 16.6 Å². The number of hydrogen-bond donors (Lipinski definition) is 0. The molecule has 26 heavy (non-hydrogen) atoms. The second kappa shape index (κ2) is 7.52. The van der Waals surface area contributed by atoms with Crippen LogP contribution in [0.1, 0.15) is 21.6 Å². The standard InChI is InChI=1S/C18H12ClN3O3S/c1-25-18(24)12-6-11(7-20)17(23)22(8-12)9-13-10-26-16(21-13)14-4-2-3-5-15(14)19/h2-6,8,10H,9H2,1H3. The lowest BCUT2D eigenvalue weighted by Gasteiger charge is -2.07. The molecule has 0 N–H and O–H groups in total. The van der Waals surface area contributed by atoms with Crippen LogP contribution in [0.15, 0.2) is 46.7 Å². The maximum absolute atomic E-state index is 12.3. The Balaban J connectivity index is 1.97. The van der Waals surface area contributed by atoms with E-state index < -0.39 is 11.5 Å². The lowest BCUT2D eigenvalue weighted by Crippen LogP contribution is -2.24. The normalized spacial score (nSPS) is 10.3. The highest BCUT2D eigenvalue weighted by Gasteiger charge is 2.14. The van der Waals surface area contributed by atoms with E-state index in [0.29, 0.717) is 10.7 Å². The van der Waals surface area contributed by atoms with E-state index in [4.69, 9.17) is 16.9 Å². The number of pyridine rings is 1. The highest BCUT2D eigenvalue weighted by atomic mass is 35.5. The summed E-state index contributed by atoms with van der Waals surface area (Å²) in [5.41, 5.74) is 0.934. The van der Waals surface area contributed by atoms with Gasteiger partial charge in [0.2, 0.25) is 0 Å². The number of nitriles is 1. The van der Waals surface area contributed by atoms with E-state index in [1.165, 1.54) is 35.3 Å². The zero-order valence-corrected chi connectivity index (χ0v) is 15.2. The zero-order chi connectivity index (χ0) is 18.7. The summed E-state index contributed by atoms with van der Waals surface area (Å²) in [6, 6.07) is 10.4. The van der Waals surface area contributed by atoms with Crippen LogP contribution < -0.4 is 5.56 Å². The number of rotatable bonds is 4. The van der Waals surface area contributed by atoms with Crippen LogP contribution in [0.4, 0.5) is 0 Å². The molecular weight excluding hydrogens is 374 g/mol. The Morgan fingerprint density at radius 1 is 1.42 bits per heavy atom. The first-order valence-corrected chi connectivity index (χ1v) is 8.71. The number of carbonyl (C=O) groups excluding carboxylic acids is 1. The SMILES string of the molecule is COC(=O)c1cc(C#N)c(=O)n(Cc2csc(-c3ccccc3Cl)n2)c1. The van der Waals surface area contributed by atoms with Gasteiger partial charge in [-0.15, -0.1) is 11.3 Å². The van der Waals surface area contributed by atoms with Gasteiger partial charge in [-0.2, -0.15) is 5.26 Å². The fourth-order valence-electron chi connectivity index (χ4n) is 2.38. The van der Waals surface area contributed by atoms with Crippen molar-refractivity contribution in [3.63, 3.8) is 0 Å². The fraction of sp³-hybridized carbons (Fsp3) is 0.111. The molecule has 0 bridgehead atoms. The molecule has 0 aliphatic carbocycles. The highest BCUT2D eigenvalue weighted by molar-refractivity contribution is 7.13. The molecule has 2 aromatic heterocycles. The number of esters is 1. The molecule has 0 amide bonds. The van der Waals surface area contributed by atoms with Crippen LogP contribution in [-0.2, 0) is 11.3 Å². The van der Waals surface area contributed by atoms with E-state index in [-0.39, 0.29) is 17.7 Å². The van der Waals surface area contributed by atoms with Crippen molar-refractivity contribution >= 4 is 28.9 Å². The predicted molar refractivity (Wildman–Crippen MR) is 98.4 cm³/mol. The molecule has 0 atom stereocenters. The Kier molecular flexibility index (Phi) is 5.16. The maximum atomic E-state index is 12.3. The van der Waals surface area contributed by atoms with Crippen LogP contribution in [0.2, 0.25) is 5.02 Å². The number of thiazole rings is 1. The van der Waals surface area contributed by atoms with E-state index in [9.17, 15) is 9.59 Å². The van der Waals surface area contributed by atoms with Crippen LogP contribution in [0.3, 0.4) is 0 Å². The largest absolute Gasteiger partial charge is 0.465 e. The molecule has 0 radical (unpaired) electrons. The van der Waals surface area contributed by atoms with Crippen molar-refractivity contribution in [2.45, 2.75) is 6.54 Å². The first-order chi connectivity index (χ1) is 12.5. The highest BCUT2D eigenvalue weighted by Crippen LogP contribution is 2.30. The first-order valence-electron chi connectivity index (χ1n) is 7.45. The topological polar surface area (TPSA) is 85.0 Å². The van der Waals surface area contributed by atoms with Crippen molar-refractivity contribution in [2.75, 3.05) is 7.11 Å². The minimum Gasteiger partial charge on any atom is -0.465 e. The van der Waals surface area contributed by atoms with E-state index in [0.717, 1.165) is 10.6 Å². The molecule has 0 unspecified atom stereocenters. The van der Waals surface area contributed by atoms with Gasteiger partial charge >= 0.3 is 5.97 Å². The van der Waals surface area contributed by atoms with Gasteiger partial charge in [-0.25, -0.2) is 9.78 Å². The second-order valence-corrected chi connectivity index (χ2v) is 6.57. The average molecular weight is 386 g/mol. The van der Waals surface area contributed by atoms with Crippen LogP contribution in [-0.4, -0.2) is 22.6 Å². The van der Waals surface area contributed by atoms with Crippen LogP contribution in [0.25, 0.3) is 10.6 Å². The van der Waals surface area contributed by atoms with Crippen LogP contribution >= 0.6 is 22.9 Å². The lowest BCUT2D eigenvalue weighted by atomic mass is 10.2. The summed E-state index contributed by atoms with van der Waals surface area (Å²) in [5.74, 6) is -0.620. The van der Waals surface area contributed by atoms with Gasteiger partial charge in [-0.05, 0) is 12.1 Å². The van der Waals surface area contributed by atoms with Gasteiger partial charge in [-0.1, -0.05) is 29.8 Å². The number of nitrogens with zero attached hydrogens (tertiary/aromatic N) is 3. The van der Waals surface area contributed by atoms with Gasteiger partial charge in [0, 0.05) is 17.1 Å². The van der Waals surface area contributed by atoms with Crippen molar-refractivity contribution in [3.05, 3.63) is 74.1 Å². The first kappa shape index (κ1) is 17.9. The Labute approximate surface area is 157 Å². The summed E-state index contributed by atoms with van der Waals surface area (Å²) in [5, 5.41) is 12.2. The van der Waals surface area contributed by atoms with Gasteiger partial charge in [0.05, 0.1) is 29.9 Å². The lowest BCUT2D eigenvalue weighted by molar-refractivity contribution is 0.0599. The molecule has 3 aromatic rings. The number of ether oxygens (including phenoxy) is 1. The van der Waals surface area contributed by atoms with E-state index in [2.05, 4.69) is 9.72 Å². The number of carbonyl (C=O) groups is 1. The number of hydrogen-bond acceptors (Lipinski definition) is 6. The molecule has 0 fully saturated rings. The third kappa shape index (κ3) is 3.52. The van der Waals surface area contributed by atoms with Crippen LogP contribution in [0, 0.1) is 11.3 Å². The van der Waals surface area contributed by atoms with Gasteiger partial charge in [0.25, 0.3) is 5.56 Å². The summed E-state index contributed by atoms with van der Waals surface area (Å²) in [6.45, 7) is 0.124. The Bertz CT molecular complexity index is 1080. The number of benzene rings is 1. The van der Waals surface area contributed by atoms with Crippen molar-refractivity contribution in [1.29, 1.82) is 5.26 Å². The Morgan fingerprint density at radius 3 is 2.88 bits per heavy atom. The molecule has 2 heterocycles. The number of aromatic nitrogens is 2. The van der Waals surface area contributed by atoms with Gasteiger partial charge in [0.1, 0.15) is 16.6 Å². The molecule has 130 valence electrons.